The van der Waals surface area contributed by atoms with Crippen LogP contribution in [0.25, 0.3) is 5.57 Å². The Morgan fingerprint density at radius 3 is 2.67 bits per heavy atom. The van der Waals surface area contributed by atoms with Gasteiger partial charge in [-0.05, 0) is 18.6 Å². The Morgan fingerprint density at radius 1 is 1.56 bits per heavy atom. The second-order valence-corrected chi connectivity index (χ2v) is 5.63. The first-order valence-corrected chi connectivity index (χ1v) is 6.21. The van der Waals surface area contributed by atoms with Crippen LogP contribution in [0.2, 0.25) is 0 Å². The number of rotatable bonds is 2. The minimum atomic E-state index is -2.15. The van der Waals surface area contributed by atoms with Crippen molar-refractivity contribution in [2.24, 2.45) is 0 Å². The zero-order valence-corrected chi connectivity index (χ0v) is 10.6. The molecule has 3 atom stereocenters. The third-order valence-corrected chi connectivity index (χ3v) is 4.49. The van der Waals surface area contributed by atoms with Crippen LogP contribution in [0.5, 0.6) is 0 Å². The maximum absolute atomic E-state index is 11.2. The molecule has 98 valence electrons. The summed E-state index contributed by atoms with van der Waals surface area (Å²) in [5.41, 5.74) is -1.29. The number of carboxylic acids is 1. The molecule has 2 rings (SSSR count). The molecule has 0 radical (unpaired) electrons. The SMILES string of the molecule is C=C(C)c1cc2c(s1)[C@@H](O)[C@H](O)C[C@]2(O)C(=O)O. The molecule has 4 N–H and O–H groups in total. The van der Waals surface area contributed by atoms with Crippen LogP contribution >= 0.6 is 11.3 Å². The van der Waals surface area contributed by atoms with Gasteiger partial charge in [0.1, 0.15) is 6.10 Å². The highest BCUT2D eigenvalue weighted by Gasteiger charge is 2.49. The van der Waals surface area contributed by atoms with E-state index in [9.17, 15) is 20.1 Å². The van der Waals surface area contributed by atoms with Gasteiger partial charge >= 0.3 is 5.97 Å². The quantitative estimate of drug-likeness (QED) is 0.638. The topological polar surface area (TPSA) is 98.0 Å². The van der Waals surface area contributed by atoms with E-state index in [0.717, 1.165) is 11.3 Å². The van der Waals surface area contributed by atoms with Crippen molar-refractivity contribution in [2.45, 2.75) is 31.2 Å². The number of thiophene rings is 1. The molecule has 0 aromatic carbocycles. The van der Waals surface area contributed by atoms with Crippen molar-refractivity contribution in [3.8, 4) is 0 Å². The molecule has 5 nitrogen and oxygen atoms in total. The summed E-state index contributed by atoms with van der Waals surface area (Å²) >= 11 is 1.14. The minimum absolute atomic E-state index is 0.149. The van der Waals surface area contributed by atoms with E-state index in [0.29, 0.717) is 10.5 Å². The molecule has 0 spiro atoms. The molecule has 0 bridgehead atoms. The van der Waals surface area contributed by atoms with E-state index in [-0.39, 0.29) is 10.4 Å². The number of carbonyl (C=O) groups is 1. The number of hydrogen-bond acceptors (Lipinski definition) is 5. The number of aliphatic carboxylic acids is 1. The average Bonchev–Trinajstić information content (AvgIpc) is 2.71. The van der Waals surface area contributed by atoms with Gasteiger partial charge in [0, 0.05) is 21.7 Å². The molecule has 18 heavy (non-hydrogen) atoms. The summed E-state index contributed by atoms with van der Waals surface area (Å²) in [4.78, 5) is 12.2. The maximum Gasteiger partial charge on any atom is 0.340 e. The van der Waals surface area contributed by atoms with E-state index in [1.807, 2.05) is 0 Å². The van der Waals surface area contributed by atoms with Gasteiger partial charge in [-0.25, -0.2) is 4.79 Å². The van der Waals surface area contributed by atoms with Crippen LogP contribution in [0.4, 0.5) is 0 Å². The minimum Gasteiger partial charge on any atom is -0.479 e. The van der Waals surface area contributed by atoms with E-state index < -0.39 is 30.2 Å². The lowest BCUT2D eigenvalue weighted by Crippen LogP contribution is -2.44. The number of carboxylic acid groups (broad SMARTS) is 1. The van der Waals surface area contributed by atoms with Gasteiger partial charge in [0.25, 0.3) is 0 Å². The van der Waals surface area contributed by atoms with E-state index in [1.165, 1.54) is 6.07 Å². The number of allylic oxidation sites excluding steroid dienone is 1. The Morgan fingerprint density at radius 2 is 2.17 bits per heavy atom. The predicted molar refractivity (Wildman–Crippen MR) is 66.1 cm³/mol. The van der Waals surface area contributed by atoms with Crippen LogP contribution < -0.4 is 0 Å². The van der Waals surface area contributed by atoms with Gasteiger partial charge in [-0.15, -0.1) is 11.3 Å². The maximum atomic E-state index is 11.2. The van der Waals surface area contributed by atoms with Gasteiger partial charge < -0.3 is 20.4 Å². The summed E-state index contributed by atoms with van der Waals surface area (Å²) in [6.07, 6.45) is -2.89. The predicted octanol–water partition coefficient (Wildman–Crippen LogP) is 0.851. The molecule has 6 heteroatoms. The molecule has 0 unspecified atom stereocenters. The lowest BCUT2D eigenvalue weighted by atomic mass is 9.80. The molecule has 0 amide bonds. The summed E-state index contributed by atoms with van der Waals surface area (Å²) in [5, 5.41) is 38.9. The second-order valence-electron chi connectivity index (χ2n) is 4.55. The largest absolute Gasteiger partial charge is 0.479 e. The molecule has 1 aromatic rings. The van der Waals surface area contributed by atoms with Crippen LogP contribution in [0.1, 0.15) is 34.8 Å². The monoisotopic (exact) mass is 270 g/mol. The lowest BCUT2D eigenvalue weighted by molar-refractivity contribution is -0.168. The summed E-state index contributed by atoms with van der Waals surface area (Å²) in [5.74, 6) is -1.43. The zero-order chi connectivity index (χ0) is 13.7. The van der Waals surface area contributed by atoms with Gasteiger partial charge in [-0.2, -0.15) is 0 Å². The van der Waals surface area contributed by atoms with Crippen molar-refractivity contribution in [3.63, 3.8) is 0 Å². The molecule has 0 fully saturated rings. The number of hydrogen-bond donors (Lipinski definition) is 4. The van der Waals surface area contributed by atoms with Crippen molar-refractivity contribution in [1.82, 2.24) is 0 Å². The zero-order valence-electron chi connectivity index (χ0n) is 9.75. The first-order chi connectivity index (χ1) is 8.27. The highest BCUT2D eigenvalue weighted by molar-refractivity contribution is 7.13. The highest BCUT2D eigenvalue weighted by atomic mass is 32.1. The standard InChI is InChI=1S/C12H14O5S/c1-5(2)8-3-6-10(18-8)9(14)7(13)4-12(6,17)11(15)16/h3,7,9,13-14,17H,1,4H2,2H3,(H,15,16)/t7-,9+,12-/m1/s1. The van der Waals surface area contributed by atoms with Crippen molar-refractivity contribution in [1.29, 1.82) is 0 Å². The Kier molecular flexibility index (Phi) is 3.06. The van der Waals surface area contributed by atoms with Gasteiger partial charge in [-0.3, -0.25) is 0 Å². The molecule has 1 aliphatic rings. The van der Waals surface area contributed by atoms with Gasteiger partial charge in [0.2, 0.25) is 0 Å². The first-order valence-electron chi connectivity index (χ1n) is 5.39. The number of aliphatic hydroxyl groups is 3. The van der Waals surface area contributed by atoms with Crippen LogP contribution in [0.15, 0.2) is 12.6 Å². The molecule has 0 aliphatic heterocycles. The lowest BCUT2D eigenvalue weighted by Gasteiger charge is -2.34. The Hall–Kier alpha value is -1.21. The summed E-state index contributed by atoms with van der Waals surface area (Å²) in [6.45, 7) is 5.49. The molecule has 0 saturated heterocycles. The second kappa shape index (κ2) is 4.17. The van der Waals surface area contributed by atoms with Crippen LogP contribution in [-0.2, 0) is 10.4 Å². The average molecular weight is 270 g/mol. The number of fused-ring (bicyclic) bond motifs is 1. The Labute approximate surface area is 108 Å². The van der Waals surface area contributed by atoms with E-state index in [4.69, 9.17) is 5.11 Å². The van der Waals surface area contributed by atoms with E-state index in [2.05, 4.69) is 6.58 Å². The summed E-state index contributed by atoms with van der Waals surface area (Å²) in [7, 11) is 0. The fourth-order valence-corrected chi connectivity index (χ4v) is 3.26. The smallest absolute Gasteiger partial charge is 0.340 e. The Balaban J connectivity index is 2.63. The molecule has 1 aromatic heterocycles. The fraction of sp³-hybridized carbons (Fsp3) is 0.417. The van der Waals surface area contributed by atoms with Gasteiger partial charge in [0.15, 0.2) is 5.60 Å². The van der Waals surface area contributed by atoms with E-state index in [1.54, 1.807) is 6.92 Å². The number of aliphatic hydroxyl groups excluding tert-OH is 2. The normalized spacial score (nSPS) is 30.9. The van der Waals surface area contributed by atoms with Gasteiger partial charge in [-0.1, -0.05) is 6.58 Å². The molecule has 0 saturated carbocycles. The molecular formula is C12H14O5S. The summed E-state index contributed by atoms with van der Waals surface area (Å²) in [6, 6.07) is 1.52. The highest BCUT2D eigenvalue weighted by Crippen LogP contribution is 2.46. The third kappa shape index (κ3) is 1.78. The molecular weight excluding hydrogens is 256 g/mol. The van der Waals surface area contributed by atoms with E-state index >= 15 is 0 Å². The van der Waals surface area contributed by atoms with Crippen LogP contribution in [0, 0.1) is 0 Å². The van der Waals surface area contributed by atoms with Crippen molar-refractivity contribution in [2.75, 3.05) is 0 Å². The Bertz CT molecular complexity index is 521. The van der Waals surface area contributed by atoms with Gasteiger partial charge in [0.05, 0.1) is 6.10 Å². The van der Waals surface area contributed by atoms with Crippen LogP contribution in [0.3, 0.4) is 0 Å². The first kappa shape index (κ1) is 13.2. The summed E-state index contributed by atoms with van der Waals surface area (Å²) < 4.78 is 0. The van der Waals surface area contributed by atoms with Crippen molar-refractivity contribution < 1.29 is 25.2 Å². The molecule has 1 aliphatic carbocycles. The third-order valence-electron chi connectivity index (χ3n) is 3.12. The van der Waals surface area contributed by atoms with Crippen molar-refractivity contribution in [3.05, 3.63) is 28.0 Å². The fourth-order valence-electron chi connectivity index (χ4n) is 2.06. The van der Waals surface area contributed by atoms with Crippen molar-refractivity contribution >= 4 is 22.9 Å². The molecule has 1 heterocycles. The van der Waals surface area contributed by atoms with Crippen LogP contribution in [-0.4, -0.2) is 32.5 Å².